The Bertz CT molecular complexity index is 984. The number of rotatable bonds is 7. The van der Waals surface area contributed by atoms with Gasteiger partial charge in [-0.05, 0) is 54.5 Å². The molecule has 0 atom stereocenters. The fourth-order valence-electron chi connectivity index (χ4n) is 3.52. The molecule has 1 aromatic heterocycles. The molecule has 0 aliphatic carbocycles. The lowest BCUT2D eigenvalue weighted by Crippen LogP contribution is -2.07. The summed E-state index contributed by atoms with van der Waals surface area (Å²) in [7, 11) is 0. The van der Waals surface area contributed by atoms with Gasteiger partial charge >= 0.3 is 5.97 Å². The van der Waals surface area contributed by atoms with Crippen molar-refractivity contribution in [3.63, 3.8) is 0 Å². The van der Waals surface area contributed by atoms with E-state index >= 15 is 0 Å². The van der Waals surface area contributed by atoms with E-state index in [1.165, 1.54) is 5.56 Å². The molecule has 27 heavy (non-hydrogen) atoms. The molecule has 0 saturated carbocycles. The van der Waals surface area contributed by atoms with Crippen LogP contribution in [0.3, 0.4) is 0 Å². The standard InChI is InChI=1S/C23H25NO3/c1-14(2)11-21(25)22-17(10-9-16-7-5-4-6-8-16)19-13-18(23(26)27)15(3)12-20(19)24-22/h4-8,12-14,24H,9-11H2,1-3H3,(H,26,27). The average molecular weight is 363 g/mol. The highest BCUT2D eigenvalue weighted by Crippen LogP contribution is 2.29. The monoisotopic (exact) mass is 363 g/mol. The SMILES string of the molecule is Cc1cc2[nH]c(C(=O)CC(C)C)c(CCc3ccccc3)c2cc1C(=O)O. The van der Waals surface area contributed by atoms with E-state index < -0.39 is 5.97 Å². The van der Waals surface area contributed by atoms with Gasteiger partial charge in [0.25, 0.3) is 0 Å². The molecule has 3 aromatic rings. The van der Waals surface area contributed by atoms with E-state index in [0.29, 0.717) is 24.1 Å². The second kappa shape index (κ2) is 7.78. The van der Waals surface area contributed by atoms with Crippen molar-refractivity contribution < 1.29 is 14.7 Å². The minimum Gasteiger partial charge on any atom is -0.478 e. The van der Waals surface area contributed by atoms with Gasteiger partial charge in [0.1, 0.15) is 0 Å². The van der Waals surface area contributed by atoms with Crippen molar-refractivity contribution in [1.82, 2.24) is 4.98 Å². The number of ketones is 1. The Morgan fingerprint density at radius 2 is 1.78 bits per heavy atom. The quantitative estimate of drug-likeness (QED) is 0.568. The fourth-order valence-corrected chi connectivity index (χ4v) is 3.52. The van der Waals surface area contributed by atoms with E-state index in [0.717, 1.165) is 22.9 Å². The summed E-state index contributed by atoms with van der Waals surface area (Å²) >= 11 is 0. The molecule has 4 heteroatoms. The van der Waals surface area contributed by atoms with E-state index in [1.807, 2.05) is 38.1 Å². The van der Waals surface area contributed by atoms with Gasteiger partial charge in [0.15, 0.2) is 5.78 Å². The lowest BCUT2D eigenvalue weighted by molar-refractivity contribution is 0.0696. The number of aryl methyl sites for hydroxylation is 3. The van der Waals surface area contributed by atoms with Gasteiger partial charge in [0.05, 0.1) is 11.3 Å². The van der Waals surface area contributed by atoms with E-state index in [9.17, 15) is 14.7 Å². The number of carboxylic acids is 1. The topological polar surface area (TPSA) is 70.2 Å². The lowest BCUT2D eigenvalue weighted by atomic mass is 9.96. The van der Waals surface area contributed by atoms with Gasteiger partial charge in [-0.15, -0.1) is 0 Å². The second-order valence-corrected chi connectivity index (χ2v) is 7.50. The minimum absolute atomic E-state index is 0.0822. The van der Waals surface area contributed by atoms with Crippen LogP contribution in [0.2, 0.25) is 0 Å². The van der Waals surface area contributed by atoms with E-state index in [-0.39, 0.29) is 17.3 Å². The Kier molecular flexibility index (Phi) is 5.45. The molecule has 0 radical (unpaired) electrons. The average Bonchev–Trinajstić information content (AvgIpc) is 2.97. The zero-order chi connectivity index (χ0) is 19.6. The van der Waals surface area contributed by atoms with Crippen molar-refractivity contribution in [3.8, 4) is 0 Å². The van der Waals surface area contributed by atoms with Crippen LogP contribution < -0.4 is 0 Å². The predicted molar refractivity (Wildman–Crippen MR) is 108 cm³/mol. The molecule has 2 N–H and O–H groups in total. The molecule has 0 amide bonds. The van der Waals surface area contributed by atoms with Crippen LogP contribution in [0.15, 0.2) is 42.5 Å². The summed E-state index contributed by atoms with van der Waals surface area (Å²) in [6.45, 7) is 5.83. The molecule has 140 valence electrons. The second-order valence-electron chi connectivity index (χ2n) is 7.50. The third-order valence-corrected chi connectivity index (χ3v) is 4.86. The fraction of sp³-hybridized carbons (Fsp3) is 0.304. The van der Waals surface area contributed by atoms with Gasteiger partial charge in [-0.25, -0.2) is 4.79 Å². The largest absolute Gasteiger partial charge is 0.478 e. The number of hydrogen-bond acceptors (Lipinski definition) is 2. The zero-order valence-corrected chi connectivity index (χ0v) is 16.0. The maximum absolute atomic E-state index is 12.8. The minimum atomic E-state index is -0.945. The molecule has 3 rings (SSSR count). The van der Waals surface area contributed by atoms with Crippen LogP contribution in [0.25, 0.3) is 10.9 Å². The summed E-state index contributed by atoms with van der Waals surface area (Å²) in [6.07, 6.45) is 1.95. The Balaban J connectivity index is 2.08. The van der Waals surface area contributed by atoms with Crippen LogP contribution in [-0.4, -0.2) is 21.8 Å². The van der Waals surface area contributed by atoms with Gasteiger partial charge in [-0.2, -0.15) is 0 Å². The Hall–Kier alpha value is -2.88. The molecule has 0 unspecified atom stereocenters. The number of benzene rings is 2. The summed E-state index contributed by atoms with van der Waals surface area (Å²) in [5.41, 5.74) is 4.53. The molecule has 0 spiro atoms. The van der Waals surface area contributed by atoms with Gasteiger partial charge < -0.3 is 10.1 Å². The van der Waals surface area contributed by atoms with E-state index in [4.69, 9.17) is 0 Å². The highest BCUT2D eigenvalue weighted by molar-refractivity contribution is 6.04. The summed E-state index contributed by atoms with van der Waals surface area (Å²) in [6, 6.07) is 13.7. The number of carbonyl (C=O) groups is 2. The Morgan fingerprint density at radius 1 is 1.07 bits per heavy atom. The van der Waals surface area contributed by atoms with Gasteiger partial charge in [0.2, 0.25) is 0 Å². The number of H-pyrrole nitrogens is 1. The van der Waals surface area contributed by atoms with E-state index in [1.54, 1.807) is 13.0 Å². The molecule has 4 nitrogen and oxygen atoms in total. The van der Waals surface area contributed by atoms with Gasteiger partial charge in [-0.3, -0.25) is 4.79 Å². The van der Waals surface area contributed by atoms with Gasteiger partial charge in [-0.1, -0.05) is 44.2 Å². The Morgan fingerprint density at radius 3 is 2.41 bits per heavy atom. The smallest absolute Gasteiger partial charge is 0.335 e. The summed E-state index contributed by atoms with van der Waals surface area (Å²) in [5, 5.41) is 10.3. The molecule has 1 heterocycles. The van der Waals surface area contributed by atoms with Crippen molar-refractivity contribution in [3.05, 3.63) is 70.4 Å². The molecule has 0 aliphatic rings. The third-order valence-electron chi connectivity index (χ3n) is 4.86. The molecule has 2 aromatic carbocycles. The molecular weight excluding hydrogens is 338 g/mol. The first-order chi connectivity index (χ1) is 12.9. The number of fused-ring (bicyclic) bond motifs is 1. The number of aromatic nitrogens is 1. The van der Waals surface area contributed by atoms with Crippen molar-refractivity contribution in [2.24, 2.45) is 5.92 Å². The molecule has 0 fully saturated rings. The van der Waals surface area contributed by atoms with Crippen LogP contribution in [0, 0.1) is 12.8 Å². The van der Waals surface area contributed by atoms with Crippen molar-refractivity contribution in [1.29, 1.82) is 0 Å². The van der Waals surface area contributed by atoms with Crippen molar-refractivity contribution >= 4 is 22.7 Å². The van der Waals surface area contributed by atoms with Crippen LogP contribution >= 0.6 is 0 Å². The first-order valence-corrected chi connectivity index (χ1v) is 9.32. The van der Waals surface area contributed by atoms with Crippen LogP contribution in [0.4, 0.5) is 0 Å². The zero-order valence-electron chi connectivity index (χ0n) is 16.0. The van der Waals surface area contributed by atoms with Crippen LogP contribution in [0.5, 0.6) is 0 Å². The highest BCUT2D eigenvalue weighted by atomic mass is 16.4. The van der Waals surface area contributed by atoms with Crippen molar-refractivity contribution in [2.45, 2.75) is 40.0 Å². The lowest BCUT2D eigenvalue weighted by Gasteiger charge is -2.07. The van der Waals surface area contributed by atoms with E-state index in [2.05, 4.69) is 17.1 Å². The maximum atomic E-state index is 12.8. The number of Topliss-reactive ketones (excluding diaryl/α,β-unsaturated/α-hetero) is 1. The third kappa shape index (κ3) is 4.11. The summed E-state index contributed by atoms with van der Waals surface area (Å²) in [4.78, 5) is 27.6. The molecular formula is C23H25NO3. The van der Waals surface area contributed by atoms with Crippen LogP contribution in [-0.2, 0) is 12.8 Å². The molecule has 0 aliphatic heterocycles. The Labute approximate surface area is 159 Å². The number of carboxylic acid groups (broad SMARTS) is 1. The van der Waals surface area contributed by atoms with Gasteiger partial charge in [0, 0.05) is 17.3 Å². The highest BCUT2D eigenvalue weighted by Gasteiger charge is 2.20. The normalized spacial score (nSPS) is 11.3. The molecule has 0 saturated heterocycles. The first kappa shape index (κ1) is 18.9. The summed E-state index contributed by atoms with van der Waals surface area (Å²) < 4.78 is 0. The molecule has 0 bridgehead atoms. The maximum Gasteiger partial charge on any atom is 0.335 e. The van der Waals surface area contributed by atoms with Crippen LogP contribution in [0.1, 0.15) is 57.8 Å². The number of nitrogens with one attached hydrogen (secondary N) is 1. The summed E-state index contributed by atoms with van der Waals surface area (Å²) in [5.74, 6) is -0.597. The number of aromatic carboxylic acids is 1. The number of carbonyl (C=O) groups excluding carboxylic acids is 1. The predicted octanol–water partition coefficient (Wildman–Crippen LogP) is 5.19. The number of aromatic amines is 1. The van der Waals surface area contributed by atoms with Crippen molar-refractivity contribution in [2.75, 3.05) is 0 Å². The first-order valence-electron chi connectivity index (χ1n) is 9.32. The number of hydrogen-bond donors (Lipinski definition) is 2.